The van der Waals surface area contributed by atoms with Crippen LogP contribution in [0.2, 0.25) is 0 Å². The Hall–Kier alpha value is -1.30. The number of rotatable bonds is 7. The maximum Gasteiger partial charge on any atom is 0.326 e. The van der Waals surface area contributed by atoms with E-state index >= 15 is 0 Å². The predicted molar refractivity (Wildman–Crippen MR) is 71.0 cm³/mol. The van der Waals surface area contributed by atoms with Gasteiger partial charge in [-0.15, -0.1) is 0 Å². The molecule has 1 unspecified atom stereocenters. The van der Waals surface area contributed by atoms with Crippen LogP contribution >= 0.6 is 0 Å². The molecule has 3 atom stereocenters. The maximum absolute atomic E-state index is 11.6. The molecule has 1 heterocycles. The molecule has 1 aliphatic rings. The van der Waals surface area contributed by atoms with Crippen LogP contribution in [0.15, 0.2) is 0 Å². The smallest absolute Gasteiger partial charge is 0.326 e. The van der Waals surface area contributed by atoms with E-state index < -0.39 is 18.0 Å². The first-order valence-corrected chi connectivity index (χ1v) is 6.93. The zero-order chi connectivity index (χ0) is 14.3. The molecule has 0 bridgehead atoms. The van der Waals surface area contributed by atoms with Gasteiger partial charge in [0, 0.05) is 13.2 Å². The first-order valence-electron chi connectivity index (χ1n) is 6.93. The summed E-state index contributed by atoms with van der Waals surface area (Å²) in [6.45, 7) is 5.01. The second kappa shape index (κ2) is 7.99. The average Bonchev–Trinajstić information content (AvgIpc) is 2.87. The zero-order valence-electron chi connectivity index (χ0n) is 11.6. The van der Waals surface area contributed by atoms with Gasteiger partial charge in [0.25, 0.3) is 0 Å². The Labute approximate surface area is 113 Å². The van der Waals surface area contributed by atoms with Crippen LogP contribution < -0.4 is 10.6 Å². The van der Waals surface area contributed by atoms with Gasteiger partial charge >= 0.3 is 12.0 Å². The van der Waals surface area contributed by atoms with Gasteiger partial charge in [-0.2, -0.15) is 0 Å². The molecular formula is C13H24N2O4. The van der Waals surface area contributed by atoms with Crippen LogP contribution in [0.1, 0.15) is 39.5 Å². The van der Waals surface area contributed by atoms with E-state index in [1.807, 2.05) is 13.8 Å². The van der Waals surface area contributed by atoms with Gasteiger partial charge in [0.05, 0.1) is 6.10 Å². The molecule has 19 heavy (non-hydrogen) atoms. The van der Waals surface area contributed by atoms with E-state index in [4.69, 9.17) is 9.84 Å². The van der Waals surface area contributed by atoms with Crippen molar-refractivity contribution in [3.63, 3.8) is 0 Å². The summed E-state index contributed by atoms with van der Waals surface area (Å²) in [4.78, 5) is 22.7. The summed E-state index contributed by atoms with van der Waals surface area (Å²) in [5.41, 5.74) is 0. The third-order valence-corrected chi connectivity index (χ3v) is 3.54. The quantitative estimate of drug-likeness (QED) is 0.653. The fourth-order valence-corrected chi connectivity index (χ4v) is 2.09. The molecule has 1 rings (SSSR count). The normalized spacial score (nSPS) is 21.7. The van der Waals surface area contributed by atoms with Gasteiger partial charge in [-0.1, -0.05) is 20.3 Å². The van der Waals surface area contributed by atoms with E-state index in [1.54, 1.807) is 0 Å². The van der Waals surface area contributed by atoms with Crippen LogP contribution in [-0.4, -0.2) is 42.4 Å². The van der Waals surface area contributed by atoms with E-state index in [0.29, 0.717) is 13.0 Å². The van der Waals surface area contributed by atoms with Gasteiger partial charge in [0.15, 0.2) is 0 Å². The minimum atomic E-state index is -0.997. The van der Waals surface area contributed by atoms with Gasteiger partial charge in [0.2, 0.25) is 0 Å². The van der Waals surface area contributed by atoms with E-state index in [-0.39, 0.29) is 12.0 Å². The molecule has 0 saturated carbocycles. The van der Waals surface area contributed by atoms with Gasteiger partial charge < -0.3 is 20.5 Å². The molecule has 0 aromatic rings. The molecule has 110 valence electrons. The SMILES string of the molecule is CC[C@H](C)[C@H](NC(=O)NCCC1CCCO1)C(=O)O. The number of aliphatic carboxylic acids is 1. The number of urea groups is 1. The van der Waals surface area contributed by atoms with E-state index in [2.05, 4.69) is 10.6 Å². The number of hydrogen-bond acceptors (Lipinski definition) is 3. The monoisotopic (exact) mass is 272 g/mol. The van der Waals surface area contributed by atoms with Crippen molar-refractivity contribution in [2.75, 3.05) is 13.2 Å². The highest BCUT2D eigenvalue weighted by Gasteiger charge is 2.25. The van der Waals surface area contributed by atoms with Crippen LogP contribution in [0, 0.1) is 5.92 Å². The molecule has 0 aromatic carbocycles. The van der Waals surface area contributed by atoms with Crippen LogP contribution in [-0.2, 0) is 9.53 Å². The lowest BCUT2D eigenvalue weighted by Crippen LogP contribution is -2.49. The molecule has 0 spiro atoms. The van der Waals surface area contributed by atoms with Crippen LogP contribution in [0.4, 0.5) is 4.79 Å². The highest BCUT2D eigenvalue weighted by atomic mass is 16.5. The lowest BCUT2D eigenvalue weighted by Gasteiger charge is -2.20. The summed E-state index contributed by atoms with van der Waals surface area (Å²) in [5, 5.41) is 14.2. The van der Waals surface area contributed by atoms with Crippen LogP contribution in [0.25, 0.3) is 0 Å². The van der Waals surface area contributed by atoms with Crippen molar-refractivity contribution in [1.82, 2.24) is 10.6 Å². The Bertz CT molecular complexity index is 303. The first kappa shape index (κ1) is 15.8. The van der Waals surface area contributed by atoms with Crippen molar-refractivity contribution >= 4 is 12.0 Å². The lowest BCUT2D eigenvalue weighted by molar-refractivity contribution is -0.140. The van der Waals surface area contributed by atoms with E-state index in [0.717, 1.165) is 25.9 Å². The van der Waals surface area contributed by atoms with E-state index in [1.165, 1.54) is 0 Å². The highest BCUT2D eigenvalue weighted by Crippen LogP contribution is 2.14. The van der Waals surface area contributed by atoms with Gasteiger partial charge in [-0.3, -0.25) is 0 Å². The molecule has 6 heteroatoms. The molecule has 0 aliphatic carbocycles. The lowest BCUT2D eigenvalue weighted by atomic mass is 9.99. The summed E-state index contributed by atoms with van der Waals surface area (Å²) < 4.78 is 5.44. The fraction of sp³-hybridized carbons (Fsp3) is 0.846. The number of carboxylic acids is 1. The number of carbonyl (C=O) groups excluding carboxylic acids is 1. The maximum atomic E-state index is 11.6. The highest BCUT2D eigenvalue weighted by molar-refractivity contribution is 5.82. The van der Waals surface area contributed by atoms with Gasteiger partial charge in [0.1, 0.15) is 6.04 Å². The predicted octanol–water partition coefficient (Wildman–Crippen LogP) is 1.35. The second-order valence-corrected chi connectivity index (χ2v) is 5.03. The largest absolute Gasteiger partial charge is 0.480 e. The number of hydrogen-bond donors (Lipinski definition) is 3. The minimum Gasteiger partial charge on any atom is -0.480 e. The molecule has 0 aromatic heterocycles. The van der Waals surface area contributed by atoms with Gasteiger partial charge in [-0.05, 0) is 25.2 Å². The number of amides is 2. The van der Waals surface area contributed by atoms with Crippen molar-refractivity contribution in [3.8, 4) is 0 Å². The molecule has 2 amide bonds. The number of ether oxygens (including phenoxy) is 1. The minimum absolute atomic E-state index is 0.0959. The molecule has 3 N–H and O–H groups in total. The summed E-state index contributed by atoms with van der Waals surface area (Å²) in [5.74, 6) is -1.09. The Morgan fingerprint density at radius 2 is 2.21 bits per heavy atom. The van der Waals surface area contributed by atoms with Crippen LogP contribution in [0.5, 0.6) is 0 Å². The fourth-order valence-electron chi connectivity index (χ4n) is 2.09. The third kappa shape index (κ3) is 5.46. The summed E-state index contributed by atoms with van der Waals surface area (Å²) in [6.07, 6.45) is 3.81. The van der Waals surface area contributed by atoms with Crippen molar-refractivity contribution in [1.29, 1.82) is 0 Å². The van der Waals surface area contributed by atoms with Crippen LogP contribution in [0.3, 0.4) is 0 Å². The zero-order valence-corrected chi connectivity index (χ0v) is 11.6. The Kier molecular flexibility index (Phi) is 6.62. The van der Waals surface area contributed by atoms with Crippen molar-refractivity contribution in [2.24, 2.45) is 5.92 Å². The second-order valence-electron chi connectivity index (χ2n) is 5.03. The molecule has 1 fully saturated rings. The third-order valence-electron chi connectivity index (χ3n) is 3.54. The molecule has 0 radical (unpaired) electrons. The Balaban J connectivity index is 2.25. The molecule has 6 nitrogen and oxygen atoms in total. The molecular weight excluding hydrogens is 248 g/mol. The molecule has 1 aliphatic heterocycles. The Morgan fingerprint density at radius 3 is 2.74 bits per heavy atom. The van der Waals surface area contributed by atoms with Crippen molar-refractivity contribution in [3.05, 3.63) is 0 Å². The average molecular weight is 272 g/mol. The topological polar surface area (TPSA) is 87.7 Å². The summed E-state index contributed by atoms with van der Waals surface area (Å²) in [6, 6.07) is -1.27. The van der Waals surface area contributed by atoms with E-state index in [9.17, 15) is 9.59 Å². The number of nitrogens with one attached hydrogen (secondary N) is 2. The van der Waals surface area contributed by atoms with Crippen molar-refractivity contribution < 1.29 is 19.4 Å². The van der Waals surface area contributed by atoms with Gasteiger partial charge in [-0.25, -0.2) is 9.59 Å². The first-order chi connectivity index (χ1) is 9.04. The number of carboxylic acid groups (broad SMARTS) is 1. The summed E-state index contributed by atoms with van der Waals surface area (Å²) in [7, 11) is 0. The standard InChI is InChI=1S/C13H24N2O4/c1-3-9(2)11(12(16)17)15-13(18)14-7-6-10-5-4-8-19-10/h9-11H,3-8H2,1-2H3,(H,16,17)(H2,14,15,18)/t9-,10?,11-/m0/s1. The summed E-state index contributed by atoms with van der Waals surface area (Å²) >= 11 is 0. The Morgan fingerprint density at radius 1 is 1.47 bits per heavy atom. The molecule has 1 saturated heterocycles. The number of carbonyl (C=O) groups is 2. The van der Waals surface area contributed by atoms with Crippen molar-refractivity contribution in [2.45, 2.75) is 51.7 Å².